The van der Waals surface area contributed by atoms with Crippen LogP contribution in [0.1, 0.15) is 61.8 Å². The Balaban J connectivity index is 3.28. The van der Waals surface area contributed by atoms with Gasteiger partial charge < -0.3 is 5.32 Å². The zero-order valence-electron chi connectivity index (χ0n) is 12.5. The van der Waals surface area contributed by atoms with E-state index in [4.69, 9.17) is 0 Å². The first-order chi connectivity index (χ1) is 8.79. The summed E-state index contributed by atoms with van der Waals surface area (Å²) in [6, 6.07) is 5.35. The first-order valence-electron chi connectivity index (χ1n) is 6.76. The van der Waals surface area contributed by atoms with E-state index >= 15 is 0 Å². The topological polar surface area (TPSA) is 46.2 Å². The lowest BCUT2D eigenvalue weighted by Crippen LogP contribution is -2.20. The number of anilines is 1. The van der Waals surface area contributed by atoms with E-state index in [1.807, 2.05) is 46.8 Å². The van der Waals surface area contributed by atoms with Crippen LogP contribution in [0.25, 0.3) is 0 Å². The summed E-state index contributed by atoms with van der Waals surface area (Å²) in [6.07, 6.45) is 0.443. The standard InChI is InChI=1S/C16H23NO2/c1-6-14(18)11-8-12(15(19)16(3,4)5)10-13(9-11)17-7-2/h8-10,17H,6-7H2,1-5H3. The van der Waals surface area contributed by atoms with Gasteiger partial charge in [-0.1, -0.05) is 27.7 Å². The van der Waals surface area contributed by atoms with Crippen molar-refractivity contribution in [2.75, 3.05) is 11.9 Å². The summed E-state index contributed by atoms with van der Waals surface area (Å²) < 4.78 is 0. The van der Waals surface area contributed by atoms with Crippen molar-refractivity contribution < 1.29 is 9.59 Å². The van der Waals surface area contributed by atoms with E-state index in [0.29, 0.717) is 17.5 Å². The molecule has 0 heterocycles. The minimum atomic E-state index is -0.447. The van der Waals surface area contributed by atoms with Crippen molar-refractivity contribution in [2.45, 2.75) is 41.0 Å². The summed E-state index contributed by atoms with van der Waals surface area (Å²) in [5.74, 6) is 0.111. The lowest BCUT2D eigenvalue weighted by molar-refractivity contribution is 0.0858. The van der Waals surface area contributed by atoms with Crippen molar-refractivity contribution in [2.24, 2.45) is 5.41 Å². The quantitative estimate of drug-likeness (QED) is 0.817. The molecular weight excluding hydrogens is 238 g/mol. The van der Waals surface area contributed by atoms with E-state index < -0.39 is 5.41 Å². The highest BCUT2D eigenvalue weighted by molar-refractivity contribution is 6.04. The molecule has 0 saturated heterocycles. The molecule has 3 heteroatoms. The van der Waals surface area contributed by atoms with Crippen LogP contribution in [-0.4, -0.2) is 18.1 Å². The van der Waals surface area contributed by atoms with Crippen molar-refractivity contribution in [3.05, 3.63) is 29.3 Å². The van der Waals surface area contributed by atoms with Crippen LogP contribution in [0.15, 0.2) is 18.2 Å². The van der Waals surface area contributed by atoms with Crippen LogP contribution < -0.4 is 5.32 Å². The molecule has 0 saturated carbocycles. The first-order valence-corrected chi connectivity index (χ1v) is 6.76. The number of benzene rings is 1. The Bertz CT molecular complexity index is 484. The second-order valence-corrected chi connectivity index (χ2v) is 5.69. The fourth-order valence-corrected chi connectivity index (χ4v) is 1.86. The number of hydrogen-bond acceptors (Lipinski definition) is 3. The molecular formula is C16H23NO2. The van der Waals surface area contributed by atoms with Gasteiger partial charge in [-0.2, -0.15) is 0 Å². The first kappa shape index (κ1) is 15.4. The minimum absolute atomic E-state index is 0.0532. The summed E-state index contributed by atoms with van der Waals surface area (Å²) in [6.45, 7) is 10.2. The summed E-state index contributed by atoms with van der Waals surface area (Å²) in [4.78, 5) is 24.2. The zero-order valence-corrected chi connectivity index (χ0v) is 12.5. The van der Waals surface area contributed by atoms with Crippen LogP contribution >= 0.6 is 0 Å². The lowest BCUT2D eigenvalue weighted by Gasteiger charge is -2.18. The average molecular weight is 261 g/mol. The van der Waals surface area contributed by atoms with Crippen LogP contribution in [0.2, 0.25) is 0 Å². The van der Waals surface area contributed by atoms with Gasteiger partial charge in [0.2, 0.25) is 0 Å². The Morgan fingerprint density at radius 2 is 1.63 bits per heavy atom. The van der Waals surface area contributed by atoms with Crippen LogP contribution in [0, 0.1) is 5.41 Å². The molecule has 1 aromatic carbocycles. The molecule has 1 rings (SSSR count). The molecule has 1 aromatic rings. The van der Waals surface area contributed by atoms with Gasteiger partial charge in [0.25, 0.3) is 0 Å². The molecule has 104 valence electrons. The predicted molar refractivity (Wildman–Crippen MR) is 79.0 cm³/mol. The van der Waals surface area contributed by atoms with Gasteiger partial charge in [0.15, 0.2) is 11.6 Å². The minimum Gasteiger partial charge on any atom is -0.385 e. The molecule has 0 aromatic heterocycles. The number of carbonyl (C=O) groups excluding carboxylic acids is 2. The third-order valence-corrected chi connectivity index (χ3v) is 2.90. The van der Waals surface area contributed by atoms with E-state index in [0.717, 1.165) is 12.2 Å². The van der Waals surface area contributed by atoms with E-state index in [2.05, 4.69) is 5.32 Å². The number of rotatable bonds is 5. The molecule has 0 atom stereocenters. The molecule has 0 unspecified atom stereocenters. The summed E-state index contributed by atoms with van der Waals surface area (Å²) in [5, 5.41) is 3.17. The smallest absolute Gasteiger partial charge is 0.168 e. The SMILES string of the molecule is CCNc1cc(C(=O)CC)cc(C(=O)C(C)(C)C)c1. The van der Waals surface area contributed by atoms with Crippen molar-refractivity contribution in [3.8, 4) is 0 Å². The predicted octanol–water partition coefficient (Wildman–Crippen LogP) is 3.94. The van der Waals surface area contributed by atoms with Gasteiger partial charge in [-0.05, 0) is 25.1 Å². The van der Waals surface area contributed by atoms with E-state index in [1.165, 1.54) is 0 Å². The second kappa shape index (κ2) is 6.00. The number of nitrogens with one attached hydrogen (secondary N) is 1. The summed E-state index contributed by atoms with van der Waals surface area (Å²) in [5.41, 5.74) is 1.59. The zero-order chi connectivity index (χ0) is 14.6. The van der Waals surface area contributed by atoms with Gasteiger partial charge in [-0.15, -0.1) is 0 Å². The lowest BCUT2D eigenvalue weighted by atomic mass is 9.85. The highest BCUT2D eigenvalue weighted by Crippen LogP contribution is 2.24. The van der Waals surface area contributed by atoms with Gasteiger partial charge in [0.05, 0.1) is 0 Å². The van der Waals surface area contributed by atoms with Gasteiger partial charge in [0.1, 0.15) is 0 Å². The number of ketones is 2. The molecule has 3 nitrogen and oxygen atoms in total. The highest BCUT2D eigenvalue weighted by atomic mass is 16.1. The average Bonchev–Trinajstić information content (AvgIpc) is 2.35. The molecule has 0 aliphatic carbocycles. The molecule has 0 amide bonds. The fraction of sp³-hybridized carbons (Fsp3) is 0.500. The molecule has 0 fully saturated rings. The molecule has 0 aliphatic heterocycles. The Morgan fingerprint density at radius 1 is 1.05 bits per heavy atom. The highest BCUT2D eigenvalue weighted by Gasteiger charge is 2.24. The summed E-state index contributed by atoms with van der Waals surface area (Å²) >= 11 is 0. The normalized spacial score (nSPS) is 11.2. The molecule has 0 aliphatic rings. The molecule has 0 bridgehead atoms. The Hall–Kier alpha value is -1.64. The van der Waals surface area contributed by atoms with Crippen molar-refractivity contribution in [1.29, 1.82) is 0 Å². The van der Waals surface area contributed by atoms with E-state index in [1.54, 1.807) is 6.07 Å². The third-order valence-electron chi connectivity index (χ3n) is 2.90. The maximum atomic E-state index is 12.3. The fourth-order valence-electron chi connectivity index (χ4n) is 1.86. The molecule has 0 spiro atoms. The largest absolute Gasteiger partial charge is 0.385 e. The van der Waals surface area contributed by atoms with Gasteiger partial charge in [0, 0.05) is 35.2 Å². The Morgan fingerprint density at radius 3 is 2.11 bits per heavy atom. The Labute approximate surface area is 115 Å². The van der Waals surface area contributed by atoms with Gasteiger partial charge in [-0.3, -0.25) is 9.59 Å². The molecule has 1 N–H and O–H groups in total. The van der Waals surface area contributed by atoms with Crippen LogP contribution in [0.3, 0.4) is 0 Å². The van der Waals surface area contributed by atoms with Gasteiger partial charge in [-0.25, -0.2) is 0 Å². The Kier molecular flexibility index (Phi) is 4.87. The third kappa shape index (κ3) is 3.91. The summed E-state index contributed by atoms with van der Waals surface area (Å²) in [7, 11) is 0. The maximum absolute atomic E-state index is 12.3. The molecule has 19 heavy (non-hydrogen) atoms. The van der Waals surface area contributed by atoms with Gasteiger partial charge >= 0.3 is 0 Å². The van der Waals surface area contributed by atoms with E-state index in [9.17, 15) is 9.59 Å². The van der Waals surface area contributed by atoms with Crippen molar-refractivity contribution in [3.63, 3.8) is 0 Å². The number of Topliss-reactive ketones (excluding diaryl/α,β-unsaturated/α-hetero) is 2. The van der Waals surface area contributed by atoms with Crippen molar-refractivity contribution >= 4 is 17.3 Å². The molecule has 0 radical (unpaired) electrons. The monoisotopic (exact) mass is 261 g/mol. The number of carbonyl (C=O) groups is 2. The van der Waals surface area contributed by atoms with Crippen LogP contribution in [-0.2, 0) is 0 Å². The maximum Gasteiger partial charge on any atom is 0.168 e. The number of hydrogen-bond donors (Lipinski definition) is 1. The van der Waals surface area contributed by atoms with Crippen LogP contribution in [0.5, 0.6) is 0 Å². The van der Waals surface area contributed by atoms with Crippen molar-refractivity contribution in [1.82, 2.24) is 0 Å². The van der Waals surface area contributed by atoms with Crippen LogP contribution in [0.4, 0.5) is 5.69 Å². The van der Waals surface area contributed by atoms with E-state index in [-0.39, 0.29) is 11.6 Å². The second-order valence-electron chi connectivity index (χ2n) is 5.69.